The molecular formula is C56H76Br2N2O4. The molecule has 0 aromatic heterocycles. The first kappa shape index (κ1) is 49.5. The molecule has 1 aliphatic carbocycles. The first-order chi connectivity index (χ1) is 30.3. The van der Waals surface area contributed by atoms with Gasteiger partial charge >= 0.3 is 0 Å². The van der Waals surface area contributed by atoms with Crippen LogP contribution in [0.3, 0.4) is 0 Å². The van der Waals surface area contributed by atoms with E-state index in [9.17, 15) is 10.2 Å². The molecule has 0 radical (unpaired) electrons. The van der Waals surface area contributed by atoms with Gasteiger partial charge in [-0.15, -0.1) is 0 Å². The largest absolute Gasteiger partial charge is 1.00 e. The molecule has 8 aliphatic rings. The smallest absolute Gasteiger partial charge is 0.157 e. The van der Waals surface area contributed by atoms with Crippen LogP contribution < -0.4 is 34.0 Å². The molecule has 8 fully saturated rings. The number of nitrogens with zero attached hydrogens (tertiary/aromatic N) is 2. The summed E-state index contributed by atoms with van der Waals surface area (Å²) in [5.74, 6) is 1.00. The zero-order valence-corrected chi connectivity index (χ0v) is 41.6. The third-order valence-electron chi connectivity index (χ3n) is 17.7. The topological polar surface area (TPSA) is 58.9 Å². The zero-order chi connectivity index (χ0) is 42.4. The van der Waals surface area contributed by atoms with Crippen molar-refractivity contribution >= 4 is 0 Å². The van der Waals surface area contributed by atoms with Gasteiger partial charge in [-0.1, -0.05) is 153 Å². The van der Waals surface area contributed by atoms with Crippen LogP contribution in [0.25, 0.3) is 0 Å². The molecule has 1 unspecified atom stereocenters. The summed E-state index contributed by atoms with van der Waals surface area (Å²) in [5.41, 5.74) is 2.21. The van der Waals surface area contributed by atoms with Gasteiger partial charge in [0.05, 0.1) is 52.4 Å². The third kappa shape index (κ3) is 9.93. The van der Waals surface area contributed by atoms with Gasteiger partial charge in [0.2, 0.25) is 0 Å². The van der Waals surface area contributed by atoms with E-state index in [0.717, 1.165) is 123 Å². The maximum absolute atomic E-state index is 12.5. The Bertz CT molecular complexity index is 1720. The fourth-order valence-corrected chi connectivity index (χ4v) is 13.6. The average molecular weight is 1000 g/mol. The van der Waals surface area contributed by atoms with Crippen molar-refractivity contribution in [3.8, 4) is 0 Å². The number of piperidine rings is 6. The highest BCUT2D eigenvalue weighted by Crippen LogP contribution is 2.59. The second-order valence-corrected chi connectivity index (χ2v) is 20.7. The van der Waals surface area contributed by atoms with Crippen molar-refractivity contribution < 1.29 is 62.6 Å². The average Bonchev–Trinajstić information content (AvgIpc) is 3.36. The van der Waals surface area contributed by atoms with Gasteiger partial charge in [0.15, 0.2) is 6.29 Å². The van der Waals surface area contributed by atoms with Crippen LogP contribution in [0.4, 0.5) is 0 Å². The van der Waals surface area contributed by atoms with E-state index >= 15 is 0 Å². The molecule has 0 amide bonds. The predicted molar refractivity (Wildman–Crippen MR) is 249 cm³/mol. The molecule has 7 heterocycles. The van der Waals surface area contributed by atoms with Crippen LogP contribution in [-0.4, -0.2) is 91.0 Å². The fraction of sp³-hybridized carbons (Fsp3) is 0.571. The number of ether oxygens (including phenoxy) is 2. The van der Waals surface area contributed by atoms with Crippen LogP contribution in [0.15, 0.2) is 121 Å². The normalized spacial score (nSPS) is 29.1. The lowest BCUT2D eigenvalue weighted by Gasteiger charge is -2.60. The van der Waals surface area contributed by atoms with E-state index in [2.05, 4.69) is 109 Å². The Morgan fingerprint density at radius 3 is 1.25 bits per heavy atom. The SMILES string of the molecule is OC(c1ccccc1)(c1ccccc1)C12CC[N+](CCCC3CCCCC3)(CC1)CC2.OC(c1ccccc1)(c1ccccc1)C12CC[N+](CCOC3CCCCO3)(CC1)CC2.[Br-].[Br-]. The number of halogens is 2. The Kier molecular flexibility index (Phi) is 16.8. The first-order valence-corrected chi connectivity index (χ1v) is 24.9. The Balaban J connectivity index is 0.000000186. The van der Waals surface area contributed by atoms with Gasteiger partial charge in [-0.05, 0) is 60.3 Å². The van der Waals surface area contributed by atoms with Crippen LogP contribution in [0.5, 0.6) is 0 Å². The van der Waals surface area contributed by atoms with Gasteiger partial charge in [0.1, 0.15) is 17.7 Å². The Labute approximate surface area is 406 Å². The number of quaternary nitrogens is 2. The summed E-state index contributed by atoms with van der Waals surface area (Å²) in [5, 5.41) is 24.9. The maximum atomic E-state index is 12.5. The van der Waals surface area contributed by atoms with E-state index in [4.69, 9.17) is 9.47 Å². The van der Waals surface area contributed by atoms with Crippen molar-refractivity contribution in [2.45, 2.75) is 120 Å². The van der Waals surface area contributed by atoms with Crippen molar-refractivity contribution in [1.29, 1.82) is 0 Å². The Morgan fingerprint density at radius 1 is 0.500 bits per heavy atom. The number of aliphatic hydroxyl groups is 2. The number of fused-ring (bicyclic) bond motifs is 6. The second kappa shape index (κ2) is 21.7. The van der Waals surface area contributed by atoms with Crippen molar-refractivity contribution in [3.63, 3.8) is 0 Å². The Morgan fingerprint density at radius 2 is 0.875 bits per heavy atom. The summed E-state index contributed by atoms with van der Waals surface area (Å²) in [6.07, 6.45) is 20.2. The number of hydrogen-bond acceptors (Lipinski definition) is 4. The summed E-state index contributed by atoms with van der Waals surface area (Å²) in [6.45, 7) is 11.1. The van der Waals surface area contributed by atoms with Crippen LogP contribution in [0.1, 0.15) is 125 Å². The molecule has 0 spiro atoms. The van der Waals surface area contributed by atoms with Gasteiger partial charge in [-0.2, -0.15) is 0 Å². The molecule has 2 N–H and O–H groups in total. The van der Waals surface area contributed by atoms with E-state index < -0.39 is 11.2 Å². The number of benzene rings is 4. The minimum Gasteiger partial charge on any atom is -1.00 e. The lowest BCUT2D eigenvalue weighted by atomic mass is 9.56. The van der Waals surface area contributed by atoms with Gasteiger partial charge in [-0.3, -0.25) is 0 Å². The lowest BCUT2D eigenvalue weighted by molar-refractivity contribution is -0.946. The van der Waals surface area contributed by atoms with E-state index in [1.54, 1.807) is 0 Å². The molecule has 348 valence electrons. The summed E-state index contributed by atoms with van der Waals surface area (Å²) >= 11 is 0. The summed E-state index contributed by atoms with van der Waals surface area (Å²) in [4.78, 5) is 0. The lowest BCUT2D eigenvalue weighted by Crippen LogP contribution is -3.00. The van der Waals surface area contributed by atoms with Crippen molar-refractivity contribution in [1.82, 2.24) is 0 Å². The molecule has 4 aromatic rings. The van der Waals surface area contributed by atoms with Crippen LogP contribution >= 0.6 is 0 Å². The summed E-state index contributed by atoms with van der Waals surface area (Å²) < 4.78 is 14.3. The highest BCUT2D eigenvalue weighted by molar-refractivity contribution is 5.41. The monoisotopic (exact) mass is 998 g/mol. The molecule has 8 heteroatoms. The molecular weight excluding hydrogens is 924 g/mol. The zero-order valence-electron chi connectivity index (χ0n) is 38.4. The van der Waals surface area contributed by atoms with Gasteiger partial charge < -0.3 is 62.6 Å². The molecule has 64 heavy (non-hydrogen) atoms. The molecule has 1 saturated carbocycles. The minimum absolute atomic E-state index is 0. The van der Waals surface area contributed by atoms with Gasteiger partial charge in [0.25, 0.3) is 0 Å². The molecule has 4 bridgehead atoms. The van der Waals surface area contributed by atoms with Gasteiger partial charge in [0, 0.05) is 56.0 Å². The van der Waals surface area contributed by atoms with Crippen molar-refractivity contribution in [3.05, 3.63) is 144 Å². The quantitative estimate of drug-likeness (QED) is 0.179. The second-order valence-electron chi connectivity index (χ2n) is 20.7. The predicted octanol–water partition coefficient (Wildman–Crippen LogP) is 4.76. The third-order valence-corrected chi connectivity index (χ3v) is 17.7. The Hall–Kier alpha value is -2.40. The van der Waals surface area contributed by atoms with Gasteiger partial charge in [-0.25, -0.2) is 0 Å². The van der Waals surface area contributed by atoms with E-state index in [-0.39, 0.29) is 51.1 Å². The highest BCUT2D eigenvalue weighted by Gasteiger charge is 2.61. The number of rotatable bonds is 14. The highest BCUT2D eigenvalue weighted by atomic mass is 79.9. The first-order valence-electron chi connectivity index (χ1n) is 24.9. The molecule has 7 saturated heterocycles. The van der Waals surface area contributed by atoms with Crippen LogP contribution in [0.2, 0.25) is 0 Å². The molecule has 1 atom stereocenters. The van der Waals surface area contributed by atoms with Crippen molar-refractivity contribution in [2.24, 2.45) is 16.7 Å². The van der Waals surface area contributed by atoms with Crippen LogP contribution in [-0.2, 0) is 20.7 Å². The standard InChI is InChI=1S/C29H40NO.C27H36NO3.2BrH/c31-29(26-14-6-2-7-15-26,27-16-8-3-9-17-27)28-18-22-30(23-19-28,24-20-28)21-10-13-25-11-4-1-5-12-25;29-27(23-9-3-1-4-10-23,24-11-5-2-6-12-24)26-14-17-28(18-15-26,19-16-26)20-22-31-25-13-7-8-21-30-25;;/h2-3,6-9,14-17,25,31H,1,4-5,10-13,18-24H2;1-6,9-12,25,29H,7-8,13-22H2;2*1H/q2*+1;;/p-2. The summed E-state index contributed by atoms with van der Waals surface area (Å²) in [6, 6.07) is 41.7. The summed E-state index contributed by atoms with van der Waals surface area (Å²) in [7, 11) is 0. The van der Waals surface area contributed by atoms with E-state index in [1.165, 1.54) is 82.0 Å². The molecule has 7 aliphatic heterocycles. The molecule has 6 nitrogen and oxygen atoms in total. The number of hydrogen-bond donors (Lipinski definition) is 2. The maximum Gasteiger partial charge on any atom is 0.157 e. The molecule has 4 aromatic carbocycles. The fourth-order valence-electron chi connectivity index (χ4n) is 13.6. The minimum atomic E-state index is -0.946. The van der Waals surface area contributed by atoms with Crippen LogP contribution in [0, 0.1) is 16.7 Å². The van der Waals surface area contributed by atoms with Crippen molar-refractivity contribution in [2.75, 3.05) is 65.6 Å². The van der Waals surface area contributed by atoms with E-state index in [1.807, 2.05) is 12.1 Å². The van der Waals surface area contributed by atoms with E-state index in [0.29, 0.717) is 0 Å². The molecule has 12 rings (SSSR count).